The molecule has 1 fully saturated rings. The second-order valence-corrected chi connectivity index (χ2v) is 7.10. The predicted molar refractivity (Wildman–Crippen MR) is 106 cm³/mol. The largest absolute Gasteiger partial charge is 0.294 e. The maximum atomic E-state index is 13.7. The minimum Gasteiger partial charge on any atom is -0.294 e. The SMILES string of the molecule is O=C(C=Cc1ccccc1F)C(CC1CCC1)C(=O)C=Cc1ccccc1F. The monoisotopic (exact) mass is 380 g/mol. The van der Waals surface area contributed by atoms with E-state index < -0.39 is 17.6 Å². The van der Waals surface area contributed by atoms with Crippen molar-refractivity contribution in [1.82, 2.24) is 0 Å². The standard InChI is InChI=1S/C24H22F2O2/c25-21-10-3-1-8-18(21)12-14-23(27)20(16-17-6-5-7-17)24(28)15-13-19-9-2-4-11-22(19)26/h1-4,8-15,17,20H,5-7,16H2. The molecule has 1 saturated carbocycles. The molecular weight excluding hydrogens is 358 g/mol. The van der Waals surface area contributed by atoms with Gasteiger partial charge in [0, 0.05) is 11.1 Å². The summed E-state index contributed by atoms with van der Waals surface area (Å²) in [5, 5.41) is 0. The van der Waals surface area contributed by atoms with Crippen molar-refractivity contribution in [2.75, 3.05) is 0 Å². The number of ketones is 2. The van der Waals surface area contributed by atoms with Crippen molar-refractivity contribution >= 4 is 23.7 Å². The van der Waals surface area contributed by atoms with E-state index in [4.69, 9.17) is 0 Å². The minimum absolute atomic E-state index is 0.299. The Kier molecular flexibility index (Phi) is 6.64. The summed E-state index contributed by atoms with van der Waals surface area (Å²) in [5.41, 5.74) is 0.597. The van der Waals surface area contributed by atoms with Gasteiger partial charge in [-0.15, -0.1) is 0 Å². The van der Waals surface area contributed by atoms with Gasteiger partial charge in [-0.05, 0) is 48.8 Å². The molecule has 1 aliphatic rings. The van der Waals surface area contributed by atoms with Gasteiger partial charge in [0.25, 0.3) is 0 Å². The summed E-state index contributed by atoms with van der Waals surface area (Å²) in [4.78, 5) is 25.4. The molecule has 3 rings (SSSR count). The summed E-state index contributed by atoms with van der Waals surface area (Å²) >= 11 is 0. The number of carbonyl (C=O) groups excluding carboxylic acids is 2. The average Bonchev–Trinajstić information content (AvgIpc) is 2.65. The molecule has 0 amide bonds. The fourth-order valence-corrected chi connectivity index (χ4v) is 3.23. The highest BCUT2D eigenvalue weighted by molar-refractivity contribution is 6.13. The lowest BCUT2D eigenvalue weighted by atomic mass is 9.76. The van der Waals surface area contributed by atoms with Crippen molar-refractivity contribution in [2.24, 2.45) is 11.8 Å². The van der Waals surface area contributed by atoms with Gasteiger partial charge >= 0.3 is 0 Å². The van der Waals surface area contributed by atoms with Crippen LogP contribution in [0.4, 0.5) is 8.78 Å². The lowest BCUT2D eigenvalue weighted by Crippen LogP contribution is -2.26. The molecule has 28 heavy (non-hydrogen) atoms. The topological polar surface area (TPSA) is 34.1 Å². The van der Waals surface area contributed by atoms with Crippen molar-refractivity contribution < 1.29 is 18.4 Å². The Morgan fingerprint density at radius 1 is 0.857 bits per heavy atom. The first-order valence-corrected chi connectivity index (χ1v) is 9.47. The molecule has 0 aliphatic heterocycles. The van der Waals surface area contributed by atoms with Crippen LogP contribution in [0.25, 0.3) is 12.2 Å². The summed E-state index contributed by atoms with van der Waals surface area (Å²) in [7, 11) is 0. The van der Waals surface area contributed by atoms with Crippen molar-refractivity contribution in [2.45, 2.75) is 25.7 Å². The van der Waals surface area contributed by atoms with Gasteiger partial charge in [0.2, 0.25) is 0 Å². The Morgan fingerprint density at radius 2 is 1.32 bits per heavy atom. The van der Waals surface area contributed by atoms with E-state index in [1.54, 1.807) is 36.4 Å². The molecule has 0 heterocycles. The zero-order valence-electron chi connectivity index (χ0n) is 15.5. The highest BCUT2D eigenvalue weighted by Gasteiger charge is 2.29. The van der Waals surface area contributed by atoms with Crippen LogP contribution in [-0.2, 0) is 9.59 Å². The van der Waals surface area contributed by atoms with Crippen LogP contribution in [0.15, 0.2) is 60.7 Å². The quantitative estimate of drug-likeness (QED) is 0.439. The molecule has 4 heteroatoms. The van der Waals surface area contributed by atoms with Crippen LogP contribution in [0.5, 0.6) is 0 Å². The van der Waals surface area contributed by atoms with Crippen LogP contribution in [-0.4, -0.2) is 11.6 Å². The van der Waals surface area contributed by atoms with Crippen molar-refractivity contribution in [1.29, 1.82) is 0 Å². The Morgan fingerprint density at radius 3 is 1.71 bits per heavy atom. The molecule has 0 radical (unpaired) electrons. The normalized spacial score (nSPS) is 15.6. The average molecular weight is 380 g/mol. The van der Waals surface area contributed by atoms with E-state index in [2.05, 4.69) is 0 Å². The third kappa shape index (κ3) is 5.10. The van der Waals surface area contributed by atoms with Crippen LogP contribution in [0.1, 0.15) is 36.8 Å². The Balaban J connectivity index is 1.75. The van der Waals surface area contributed by atoms with Gasteiger partial charge in [-0.1, -0.05) is 55.7 Å². The van der Waals surface area contributed by atoms with Gasteiger partial charge in [0.05, 0.1) is 5.92 Å². The van der Waals surface area contributed by atoms with Gasteiger partial charge in [-0.25, -0.2) is 8.78 Å². The fraction of sp³-hybridized carbons (Fsp3) is 0.250. The zero-order chi connectivity index (χ0) is 19.9. The Labute approximate surface area is 163 Å². The molecule has 0 spiro atoms. The maximum Gasteiger partial charge on any atom is 0.166 e. The first kappa shape index (κ1) is 19.9. The third-order valence-corrected chi connectivity index (χ3v) is 5.15. The first-order chi connectivity index (χ1) is 13.5. The number of allylic oxidation sites excluding steroid dienone is 2. The van der Waals surface area contributed by atoms with Crippen molar-refractivity contribution in [3.63, 3.8) is 0 Å². The molecule has 2 nitrogen and oxygen atoms in total. The molecule has 0 unspecified atom stereocenters. The molecule has 1 aliphatic carbocycles. The molecule has 0 N–H and O–H groups in total. The molecule has 144 valence electrons. The van der Waals surface area contributed by atoms with E-state index in [1.807, 2.05) is 0 Å². The number of carbonyl (C=O) groups is 2. The minimum atomic E-state index is -0.823. The first-order valence-electron chi connectivity index (χ1n) is 9.47. The van der Waals surface area contributed by atoms with E-state index in [0.717, 1.165) is 19.3 Å². The second-order valence-electron chi connectivity index (χ2n) is 7.10. The van der Waals surface area contributed by atoms with Gasteiger partial charge in [-0.3, -0.25) is 9.59 Å². The van der Waals surface area contributed by atoms with Crippen LogP contribution in [0.3, 0.4) is 0 Å². The molecule has 2 aromatic carbocycles. The Bertz CT molecular complexity index is 843. The molecule has 0 atom stereocenters. The van der Waals surface area contributed by atoms with E-state index in [0.29, 0.717) is 23.5 Å². The number of benzene rings is 2. The highest BCUT2D eigenvalue weighted by atomic mass is 19.1. The van der Waals surface area contributed by atoms with Crippen LogP contribution in [0.2, 0.25) is 0 Å². The molecule has 0 aromatic heterocycles. The summed E-state index contributed by atoms with van der Waals surface area (Å²) in [6.45, 7) is 0. The summed E-state index contributed by atoms with van der Waals surface area (Å²) in [6.07, 6.45) is 8.94. The smallest absolute Gasteiger partial charge is 0.166 e. The molecule has 0 bridgehead atoms. The maximum absolute atomic E-state index is 13.7. The number of hydrogen-bond donors (Lipinski definition) is 0. The van der Waals surface area contributed by atoms with Gasteiger partial charge in [0.15, 0.2) is 11.6 Å². The number of rotatable bonds is 8. The second kappa shape index (κ2) is 9.36. The zero-order valence-corrected chi connectivity index (χ0v) is 15.5. The third-order valence-electron chi connectivity index (χ3n) is 5.15. The van der Waals surface area contributed by atoms with Gasteiger partial charge in [-0.2, -0.15) is 0 Å². The molecular formula is C24H22F2O2. The van der Waals surface area contributed by atoms with Crippen molar-refractivity contribution in [3.05, 3.63) is 83.4 Å². The molecule has 2 aromatic rings. The molecule has 0 saturated heterocycles. The summed E-state index contributed by atoms with van der Waals surface area (Å²) in [6, 6.07) is 12.3. The van der Waals surface area contributed by atoms with Gasteiger partial charge < -0.3 is 0 Å². The van der Waals surface area contributed by atoms with E-state index in [9.17, 15) is 18.4 Å². The van der Waals surface area contributed by atoms with Crippen LogP contribution in [0, 0.1) is 23.5 Å². The predicted octanol–water partition coefficient (Wildman–Crippen LogP) is 5.64. The highest BCUT2D eigenvalue weighted by Crippen LogP contribution is 2.33. The van der Waals surface area contributed by atoms with E-state index in [-0.39, 0.29) is 11.6 Å². The van der Waals surface area contributed by atoms with Crippen LogP contribution < -0.4 is 0 Å². The van der Waals surface area contributed by atoms with Gasteiger partial charge in [0.1, 0.15) is 11.6 Å². The number of halogens is 2. The summed E-state index contributed by atoms with van der Waals surface area (Å²) < 4.78 is 27.5. The Hall–Kier alpha value is -2.88. The van der Waals surface area contributed by atoms with Crippen molar-refractivity contribution in [3.8, 4) is 0 Å². The lowest BCUT2D eigenvalue weighted by Gasteiger charge is -2.27. The van der Waals surface area contributed by atoms with E-state index >= 15 is 0 Å². The number of hydrogen-bond acceptors (Lipinski definition) is 2. The van der Waals surface area contributed by atoms with Crippen LogP contribution >= 0.6 is 0 Å². The lowest BCUT2D eigenvalue weighted by molar-refractivity contribution is -0.128. The van der Waals surface area contributed by atoms with E-state index in [1.165, 1.54) is 36.4 Å². The summed E-state index contributed by atoms with van der Waals surface area (Å²) in [5.74, 6) is -2.02. The fourth-order valence-electron chi connectivity index (χ4n) is 3.23.